The molecule has 0 aliphatic rings. The molecule has 0 atom stereocenters. The van der Waals surface area contributed by atoms with Crippen molar-refractivity contribution in [1.82, 2.24) is 4.98 Å². The van der Waals surface area contributed by atoms with Gasteiger partial charge < -0.3 is 10.1 Å². The van der Waals surface area contributed by atoms with Crippen molar-refractivity contribution in [2.24, 2.45) is 0 Å². The van der Waals surface area contributed by atoms with Gasteiger partial charge >= 0.3 is 0 Å². The molecule has 0 unspecified atom stereocenters. The van der Waals surface area contributed by atoms with Crippen LogP contribution in [0.15, 0.2) is 49.0 Å². The van der Waals surface area contributed by atoms with Gasteiger partial charge in [0.15, 0.2) is 5.76 Å². The number of nitrogens with one attached hydrogen (secondary N) is 1. The number of pyridine rings is 1. The molecule has 1 amide bonds. The number of anilines is 1. The zero-order valence-corrected chi connectivity index (χ0v) is 8.43. The average Bonchev–Trinajstić information content (AvgIpc) is 2.27. The normalized spacial score (nSPS) is 10.6. The van der Waals surface area contributed by atoms with Gasteiger partial charge in [-0.15, -0.1) is 0 Å². The largest absolute Gasteiger partial charge is 0.491 e. The highest BCUT2D eigenvalue weighted by molar-refractivity contribution is 6.02. The molecule has 0 aliphatic heterocycles. The number of amides is 1. The van der Waals surface area contributed by atoms with E-state index >= 15 is 0 Å². The Balaban J connectivity index is 2.71. The molecule has 78 valence electrons. The van der Waals surface area contributed by atoms with Crippen LogP contribution in [-0.4, -0.2) is 18.0 Å². The summed E-state index contributed by atoms with van der Waals surface area (Å²) in [4.78, 5) is 15.4. The third-order valence-electron chi connectivity index (χ3n) is 1.63. The second-order valence-electron chi connectivity index (χ2n) is 2.67. The zero-order chi connectivity index (χ0) is 11.1. The first kappa shape index (κ1) is 11.0. The number of allylic oxidation sites excluding steroid dienone is 2. The minimum atomic E-state index is -0.328. The van der Waals surface area contributed by atoms with E-state index in [9.17, 15) is 4.79 Å². The predicted octanol–water partition coefficient (Wildman–Crippen LogP) is 1.74. The molecule has 0 saturated carbocycles. The molecule has 15 heavy (non-hydrogen) atoms. The van der Waals surface area contributed by atoms with Gasteiger partial charge in [0.1, 0.15) is 0 Å². The Morgan fingerprint density at radius 3 is 3.00 bits per heavy atom. The SMILES string of the molecule is C=CC=C(OC)C(=O)Nc1cccnc1. The molecule has 0 bridgehead atoms. The molecule has 0 aromatic carbocycles. The van der Waals surface area contributed by atoms with Crippen molar-refractivity contribution in [1.29, 1.82) is 0 Å². The van der Waals surface area contributed by atoms with E-state index in [1.54, 1.807) is 24.5 Å². The Kier molecular flexibility index (Phi) is 4.09. The highest BCUT2D eigenvalue weighted by atomic mass is 16.5. The minimum absolute atomic E-state index is 0.203. The van der Waals surface area contributed by atoms with E-state index in [0.717, 1.165) is 0 Å². The van der Waals surface area contributed by atoms with E-state index in [1.807, 2.05) is 0 Å². The average molecular weight is 204 g/mol. The Morgan fingerprint density at radius 1 is 1.67 bits per heavy atom. The van der Waals surface area contributed by atoms with Crippen LogP contribution in [0.4, 0.5) is 5.69 Å². The van der Waals surface area contributed by atoms with Gasteiger partial charge in [-0.2, -0.15) is 0 Å². The lowest BCUT2D eigenvalue weighted by molar-refractivity contribution is -0.115. The molecular weight excluding hydrogens is 192 g/mol. The number of hydrogen-bond acceptors (Lipinski definition) is 3. The van der Waals surface area contributed by atoms with Gasteiger partial charge in [-0.3, -0.25) is 9.78 Å². The smallest absolute Gasteiger partial charge is 0.290 e. The summed E-state index contributed by atoms with van der Waals surface area (Å²) in [7, 11) is 1.43. The first-order valence-electron chi connectivity index (χ1n) is 4.36. The molecule has 1 rings (SSSR count). The van der Waals surface area contributed by atoms with Crippen molar-refractivity contribution in [3.63, 3.8) is 0 Å². The summed E-state index contributed by atoms with van der Waals surface area (Å²) in [5.41, 5.74) is 0.620. The summed E-state index contributed by atoms with van der Waals surface area (Å²) in [5.74, 6) is -0.126. The number of aromatic nitrogens is 1. The van der Waals surface area contributed by atoms with Crippen molar-refractivity contribution in [2.45, 2.75) is 0 Å². The lowest BCUT2D eigenvalue weighted by Gasteiger charge is -2.06. The molecule has 1 heterocycles. The molecule has 4 heteroatoms. The zero-order valence-electron chi connectivity index (χ0n) is 8.43. The topological polar surface area (TPSA) is 51.2 Å². The van der Waals surface area contributed by atoms with Crippen molar-refractivity contribution in [3.05, 3.63) is 49.0 Å². The van der Waals surface area contributed by atoms with Crippen LogP contribution in [0.3, 0.4) is 0 Å². The van der Waals surface area contributed by atoms with E-state index in [-0.39, 0.29) is 11.7 Å². The lowest BCUT2D eigenvalue weighted by Crippen LogP contribution is -2.15. The second-order valence-corrected chi connectivity index (χ2v) is 2.67. The molecule has 4 nitrogen and oxygen atoms in total. The summed E-state index contributed by atoms with van der Waals surface area (Å²) in [5, 5.41) is 2.64. The maximum absolute atomic E-state index is 11.6. The minimum Gasteiger partial charge on any atom is -0.491 e. The van der Waals surface area contributed by atoms with Crippen LogP contribution in [0.5, 0.6) is 0 Å². The molecule has 0 spiro atoms. The predicted molar refractivity (Wildman–Crippen MR) is 58.2 cm³/mol. The molecule has 1 N–H and O–H groups in total. The maximum atomic E-state index is 11.6. The Hall–Kier alpha value is -2.10. The summed E-state index contributed by atoms with van der Waals surface area (Å²) < 4.78 is 4.88. The van der Waals surface area contributed by atoms with Crippen LogP contribution in [0, 0.1) is 0 Å². The van der Waals surface area contributed by atoms with Crippen LogP contribution >= 0.6 is 0 Å². The Bertz CT molecular complexity index is 371. The standard InChI is InChI=1S/C11H12N2O2/c1-3-5-10(15-2)11(14)13-9-6-4-7-12-8-9/h3-8H,1H2,2H3,(H,13,14). The molecule has 0 radical (unpaired) electrons. The fourth-order valence-electron chi connectivity index (χ4n) is 0.973. The highest BCUT2D eigenvalue weighted by Gasteiger charge is 2.08. The van der Waals surface area contributed by atoms with Crippen LogP contribution in [0.1, 0.15) is 0 Å². The van der Waals surface area contributed by atoms with E-state index in [1.165, 1.54) is 19.3 Å². The summed E-state index contributed by atoms with van der Waals surface area (Å²) in [6.07, 6.45) is 6.17. The quantitative estimate of drug-likeness (QED) is 0.461. The van der Waals surface area contributed by atoms with Gasteiger partial charge in [0.05, 0.1) is 19.0 Å². The third kappa shape index (κ3) is 3.27. The van der Waals surface area contributed by atoms with Gasteiger partial charge in [-0.05, 0) is 18.2 Å². The number of carbonyl (C=O) groups is 1. The first-order chi connectivity index (χ1) is 7.27. The molecular formula is C11H12N2O2. The van der Waals surface area contributed by atoms with Gasteiger partial charge in [0, 0.05) is 6.20 Å². The number of methoxy groups -OCH3 is 1. The third-order valence-corrected chi connectivity index (χ3v) is 1.63. The van der Waals surface area contributed by atoms with Crippen molar-refractivity contribution in [3.8, 4) is 0 Å². The number of ether oxygens (including phenoxy) is 1. The van der Waals surface area contributed by atoms with Crippen molar-refractivity contribution < 1.29 is 9.53 Å². The number of rotatable bonds is 4. The molecule has 0 fully saturated rings. The summed E-state index contributed by atoms with van der Waals surface area (Å²) in [6, 6.07) is 3.48. The van der Waals surface area contributed by atoms with Gasteiger partial charge in [0.25, 0.3) is 5.91 Å². The van der Waals surface area contributed by atoms with E-state index < -0.39 is 0 Å². The fraction of sp³-hybridized carbons (Fsp3) is 0.0909. The van der Waals surface area contributed by atoms with Crippen molar-refractivity contribution >= 4 is 11.6 Å². The Labute approximate surface area is 88.3 Å². The lowest BCUT2D eigenvalue weighted by atomic mass is 10.3. The number of nitrogens with zero attached hydrogens (tertiary/aromatic N) is 1. The van der Waals surface area contributed by atoms with Gasteiger partial charge in [0.2, 0.25) is 0 Å². The first-order valence-corrected chi connectivity index (χ1v) is 4.36. The number of hydrogen-bond donors (Lipinski definition) is 1. The monoisotopic (exact) mass is 204 g/mol. The summed E-state index contributed by atoms with van der Waals surface area (Å²) in [6.45, 7) is 3.49. The van der Waals surface area contributed by atoms with Crippen LogP contribution in [0.2, 0.25) is 0 Å². The van der Waals surface area contributed by atoms with Gasteiger partial charge in [-0.1, -0.05) is 12.7 Å². The van der Waals surface area contributed by atoms with E-state index in [4.69, 9.17) is 4.74 Å². The van der Waals surface area contributed by atoms with E-state index in [0.29, 0.717) is 5.69 Å². The highest BCUT2D eigenvalue weighted by Crippen LogP contribution is 2.06. The van der Waals surface area contributed by atoms with Crippen LogP contribution in [0.25, 0.3) is 0 Å². The van der Waals surface area contributed by atoms with Crippen LogP contribution < -0.4 is 5.32 Å². The maximum Gasteiger partial charge on any atom is 0.290 e. The molecule has 0 saturated heterocycles. The molecule has 1 aromatic heterocycles. The Morgan fingerprint density at radius 2 is 2.47 bits per heavy atom. The second kappa shape index (κ2) is 5.59. The van der Waals surface area contributed by atoms with Gasteiger partial charge in [-0.25, -0.2) is 0 Å². The summed E-state index contributed by atoms with van der Waals surface area (Å²) >= 11 is 0. The fourth-order valence-corrected chi connectivity index (χ4v) is 0.973. The van der Waals surface area contributed by atoms with E-state index in [2.05, 4.69) is 16.9 Å². The van der Waals surface area contributed by atoms with Crippen LogP contribution in [-0.2, 0) is 9.53 Å². The van der Waals surface area contributed by atoms with Crippen molar-refractivity contribution in [2.75, 3.05) is 12.4 Å². The number of carbonyl (C=O) groups excluding carboxylic acids is 1. The molecule has 0 aliphatic carbocycles. The molecule has 1 aromatic rings.